The van der Waals surface area contributed by atoms with E-state index in [0.717, 1.165) is 0 Å². The lowest BCUT2D eigenvalue weighted by Gasteiger charge is -2.34. The van der Waals surface area contributed by atoms with Crippen molar-refractivity contribution in [3.8, 4) is 5.75 Å². The topological polar surface area (TPSA) is 58.6 Å². The van der Waals surface area contributed by atoms with Gasteiger partial charge < -0.3 is 15.2 Å². The predicted molar refractivity (Wildman–Crippen MR) is 68.8 cm³/mol. The molecule has 0 bridgehead atoms. The normalized spacial score (nSPS) is 18.0. The number of benzene rings is 1. The maximum Gasteiger partial charge on any atom is 0.310 e. The van der Waals surface area contributed by atoms with Crippen molar-refractivity contribution in [1.29, 1.82) is 0 Å². The third-order valence-electron chi connectivity index (χ3n) is 3.79. The first-order valence-electron chi connectivity index (χ1n) is 6.34. The summed E-state index contributed by atoms with van der Waals surface area (Å²) in [6, 6.07) is 4.23. The van der Waals surface area contributed by atoms with Crippen LogP contribution >= 0.6 is 0 Å². The van der Waals surface area contributed by atoms with Gasteiger partial charge in [-0.25, -0.2) is 4.39 Å². The minimum absolute atomic E-state index is 0.297. The van der Waals surface area contributed by atoms with E-state index >= 15 is 0 Å². The summed E-state index contributed by atoms with van der Waals surface area (Å²) in [6.07, 6.45) is 1.38. The van der Waals surface area contributed by atoms with Crippen LogP contribution in [0.4, 0.5) is 4.39 Å². The van der Waals surface area contributed by atoms with Crippen LogP contribution in [0.5, 0.6) is 5.75 Å². The number of hydrogen-bond acceptors (Lipinski definition) is 3. The van der Waals surface area contributed by atoms with Crippen molar-refractivity contribution < 1.29 is 19.0 Å². The molecule has 0 amide bonds. The molecule has 2 N–H and O–H groups in total. The van der Waals surface area contributed by atoms with Crippen molar-refractivity contribution in [3.63, 3.8) is 0 Å². The summed E-state index contributed by atoms with van der Waals surface area (Å²) in [6.45, 7) is 1.34. The highest BCUT2D eigenvalue weighted by Crippen LogP contribution is 2.36. The minimum Gasteiger partial charge on any atom is -0.496 e. The van der Waals surface area contributed by atoms with E-state index in [2.05, 4.69) is 5.32 Å². The van der Waals surface area contributed by atoms with Gasteiger partial charge in [-0.3, -0.25) is 4.79 Å². The van der Waals surface area contributed by atoms with Gasteiger partial charge in [0.15, 0.2) is 0 Å². The molecule has 1 aromatic carbocycles. The highest BCUT2D eigenvalue weighted by molar-refractivity contribution is 5.75. The van der Waals surface area contributed by atoms with Crippen molar-refractivity contribution in [2.45, 2.75) is 19.3 Å². The largest absolute Gasteiger partial charge is 0.496 e. The van der Waals surface area contributed by atoms with Crippen LogP contribution in [0, 0.1) is 11.2 Å². The smallest absolute Gasteiger partial charge is 0.310 e. The molecule has 2 rings (SSSR count). The molecule has 4 nitrogen and oxygen atoms in total. The van der Waals surface area contributed by atoms with Gasteiger partial charge in [0.05, 0.1) is 12.5 Å². The molecule has 1 fully saturated rings. The Hall–Kier alpha value is -1.62. The van der Waals surface area contributed by atoms with Gasteiger partial charge in [0.2, 0.25) is 0 Å². The van der Waals surface area contributed by atoms with E-state index in [-0.39, 0.29) is 5.82 Å². The molecule has 5 heteroatoms. The highest BCUT2D eigenvalue weighted by Gasteiger charge is 2.40. The number of carboxylic acids is 1. The maximum atomic E-state index is 13.3. The maximum absolute atomic E-state index is 13.3. The first-order valence-corrected chi connectivity index (χ1v) is 6.34. The number of aliphatic carboxylic acids is 1. The van der Waals surface area contributed by atoms with E-state index in [1.165, 1.54) is 19.2 Å². The lowest BCUT2D eigenvalue weighted by molar-refractivity contribution is -0.150. The fraction of sp³-hybridized carbons (Fsp3) is 0.500. The zero-order chi connectivity index (χ0) is 13.9. The van der Waals surface area contributed by atoms with Gasteiger partial charge >= 0.3 is 5.97 Å². The van der Waals surface area contributed by atoms with Crippen molar-refractivity contribution in [1.82, 2.24) is 5.32 Å². The Labute approximate surface area is 111 Å². The van der Waals surface area contributed by atoms with E-state index in [4.69, 9.17) is 4.74 Å². The summed E-state index contributed by atoms with van der Waals surface area (Å²) < 4.78 is 18.5. The summed E-state index contributed by atoms with van der Waals surface area (Å²) in [5, 5.41) is 12.7. The Morgan fingerprint density at radius 2 is 2.16 bits per heavy atom. The average molecular weight is 267 g/mol. The summed E-state index contributed by atoms with van der Waals surface area (Å²) in [5.41, 5.74) is -0.210. The van der Waals surface area contributed by atoms with Crippen LogP contribution in [0.25, 0.3) is 0 Å². The molecule has 1 aliphatic rings. The molecule has 1 saturated heterocycles. The van der Waals surface area contributed by atoms with Gasteiger partial charge in [0.1, 0.15) is 11.6 Å². The van der Waals surface area contributed by atoms with Gasteiger partial charge in [-0.1, -0.05) is 0 Å². The SMILES string of the molecule is COc1ccc(F)cc1CC1(C(=O)O)CCNCC1. The molecular formula is C14H18FNO3. The second kappa shape index (κ2) is 5.57. The predicted octanol–water partition coefficient (Wildman–Crippen LogP) is 1.83. The molecule has 0 radical (unpaired) electrons. The molecule has 19 heavy (non-hydrogen) atoms. The third kappa shape index (κ3) is 2.87. The number of piperidine rings is 1. The number of rotatable bonds is 4. The van der Waals surface area contributed by atoms with Crippen LogP contribution in [-0.2, 0) is 11.2 Å². The van der Waals surface area contributed by atoms with E-state index in [1.807, 2.05) is 0 Å². The number of carbonyl (C=O) groups is 1. The molecular weight excluding hydrogens is 249 g/mol. The van der Waals surface area contributed by atoms with Crippen molar-refractivity contribution >= 4 is 5.97 Å². The Morgan fingerprint density at radius 3 is 2.74 bits per heavy atom. The number of nitrogens with one attached hydrogen (secondary N) is 1. The van der Waals surface area contributed by atoms with Crippen LogP contribution < -0.4 is 10.1 Å². The molecule has 1 heterocycles. The monoisotopic (exact) mass is 267 g/mol. The van der Waals surface area contributed by atoms with E-state index in [0.29, 0.717) is 43.7 Å². The first kappa shape index (κ1) is 13.8. The number of carboxylic acid groups (broad SMARTS) is 1. The zero-order valence-corrected chi connectivity index (χ0v) is 10.9. The number of hydrogen-bond donors (Lipinski definition) is 2. The van der Waals surface area contributed by atoms with Crippen molar-refractivity contribution in [2.24, 2.45) is 5.41 Å². The highest BCUT2D eigenvalue weighted by atomic mass is 19.1. The first-order chi connectivity index (χ1) is 9.07. The summed E-state index contributed by atoms with van der Waals surface area (Å²) in [4.78, 5) is 11.6. The van der Waals surface area contributed by atoms with E-state index in [9.17, 15) is 14.3 Å². The Morgan fingerprint density at radius 1 is 1.47 bits per heavy atom. The van der Waals surface area contributed by atoms with Crippen LogP contribution in [0.1, 0.15) is 18.4 Å². The zero-order valence-electron chi connectivity index (χ0n) is 10.9. The molecule has 0 aliphatic carbocycles. The minimum atomic E-state index is -0.827. The van der Waals surface area contributed by atoms with Gasteiger partial charge in [-0.15, -0.1) is 0 Å². The number of methoxy groups -OCH3 is 1. The Balaban J connectivity index is 2.31. The van der Waals surface area contributed by atoms with Crippen LogP contribution in [-0.4, -0.2) is 31.3 Å². The molecule has 0 saturated carbocycles. The Bertz CT molecular complexity index is 470. The lowest BCUT2D eigenvalue weighted by atomic mass is 9.74. The molecule has 0 unspecified atom stereocenters. The van der Waals surface area contributed by atoms with Crippen LogP contribution in [0.2, 0.25) is 0 Å². The Kier molecular flexibility index (Phi) is 4.04. The summed E-state index contributed by atoms with van der Waals surface area (Å²) >= 11 is 0. The summed E-state index contributed by atoms with van der Waals surface area (Å²) in [5.74, 6) is -0.647. The van der Waals surface area contributed by atoms with E-state index < -0.39 is 11.4 Å². The van der Waals surface area contributed by atoms with E-state index in [1.54, 1.807) is 6.07 Å². The van der Waals surface area contributed by atoms with Gasteiger partial charge in [-0.05, 0) is 56.1 Å². The third-order valence-corrected chi connectivity index (χ3v) is 3.79. The lowest BCUT2D eigenvalue weighted by Crippen LogP contribution is -2.43. The van der Waals surface area contributed by atoms with Crippen LogP contribution in [0.3, 0.4) is 0 Å². The molecule has 0 spiro atoms. The standard InChI is InChI=1S/C14H18FNO3/c1-19-12-3-2-11(15)8-10(12)9-14(13(17)18)4-6-16-7-5-14/h2-3,8,16H,4-7,9H2,1H3,(H,17,18). The second-order valence-corrected chi connectivity index (χ2v) is 4.97. The average Bonchev–Trinajstić information content (AvgIpc) is 2.40. The molecule has 104 valence electrons. The molecule has 0 aromatic heterocycles. The van der Waals surface area contributed by atoms with Crippen molar-refractivity contribution in [3.05, 3.63) is 29.6 Å². The van der Waals surface area contributed by atoms with Gasteiger partial charge in [0.25, 0.3) is 0 Å². The molecule has 0 atom stereocenters. The van der Waals surface area contributed by atoms with Crippen molar-refractivity contribution in [2.75, 3.05) is 20.2 Å². The fourth-order valence-corrected chi connectivity index (χ4v) is 2.62. The number of halogens is 1. The number of ether oxygens (including phenoxy) is 1. The quantitative estimate of drug-likeness (QED) is 0.874. The van der Waals surface area contributed by atoms with Gasteiger partial charge in [0, 0.05) is 0 Å². The van der Waals surface area contributed by atoms with Gasteiger partial charge in [-0.2, -0.15) is 0 Å². The molecule has 1 aliphatic heterocycles. The summed E-state index contributed by atoms with van der Waals surface area (Å²) in [7, 11) is 1.51. The molecule has 1 aromatic rings. The van der Waals surface area contributed by atoms with Crippen LogP contribution in [0.15, 0.2) is 18.2 Å². The fourth-order valence-electron chi connectivity index (χ4n) is 2.62. The second-order valence-electron chi connectivity index (χ2n) is 4.97.